The Labute approximate surface area is 114 Å². The minimum atomic E-state index is 0.174. The summed E-state index contributed by atoms with van der Waals surface area (Å²) in [4.78, 5) is 0. The van der Waals surface area contributed by atoms with E-state index in [0.29, 0.717) is 5.92 Å². The highest BCUT2D eigenvalue weighted by Gasteiger charge is 2.27. The van der Waals surface area contributed by atoms with E-state index >= 15 is 0 Å². The molecule has 2 aromatic rings. The fourth-order valence-corrected chi connectivity index (χ4v) is 2.30. The summed E-state index contributed by atoms with van der Waals surface area (Å²) >= 11 is 0. The SMILES string of the molecule is CC(C)(C)c1ccc(-n2nc(C3CC3)cc2N)cc1. The number of hydrogen-bond donors (Lipinski definition) is 1. The van der Waals surface area contributed by atoms with Crippen molar-refractivity contribution in [3.05, 3.63) is 41.6 Å². The Bertz CT molecular complexity index is 583. The van der Waals surface area contributed by atoms with E-state index in [2.05, 4.69) is 50.1 Å². The average Bonchev–Trinajstić information content (AvgIpc) is 3.12. The van der Waals surface area contributed by atoms with Crippen molar-refractivity contribution in [1.82, 2.24) is 9.78 Å². The van der Waals surface area contributed by atoms with Gasteiger partial charge in [-0.15, -0.1) is 0 Å². The van der Waals surface area contributed by atoms with E-state index in [9.17, 15) is 0 Å². The minimum absolute atomic E-state index is 0.174. The number of nitrogen functional groups attached to an aromatic ring is 1. The first-order chi connectivity index (χ1) is 8.95. The van der Waals surface area contributed by atoms with Crippen LogP contribution in [0.3, 0.4) is 0 Å². The Morgan fingerprint density at radius 1 is 1.16 bits per heavy atom. The smallest absolute Gasteiger partial charge is 0.127 e. The van der Waals surface area contributed by atoms with Crippen LogP contribution in [0.25, 0.3) is 5.69 Å². The van der Waals surface area contributed by atoms with Crippen molar-refractivity contribution in [1.29, 1.82) is 0 Å². The molecule has 0 aliphatic heterocycles. The molecule has 0 amide bonds. The summed E-state index contributed by atoms with van der Waals surface area (Å²) in [6.07, 6.45) is 2.50. The third kappa shape index (κ3) is 2.37. The monoisotopic (exact) mass is 255 g/mol. The van der Waals surface area contributed by atoms with Crippen molar-refractivity contribution >= 4 is 5.82 Å². The number of anilines is 1. The average molecular weight is 255 g/mol. The van der Waals surface area contributed by atoms with Gasteiger partial charge in [0.25, 0.3) is 0 Å². The highest BCUT2D eigenvalue weighted by atomic mass is 15.3. The molecule has 1 aliphatic rings. The molecule has 1 fully saturated rings. The molecular formula is C16H21N3. The molecular weight excluding hydrogens is 234 g/mol. The van der Waals surface area contributed by atoms with Gasteiger partial charge in [-0.2, -0.15) is 5.10 Å². The summed E-state index contributed by atoms with van der Waals surface area (Å²) in [6.45, 7) is 6.65. The molecule has 0 atom stereocenters. The largest absolute Gasteiger partial charge is 0.384 e. The number of benzene rings is 1. The second-order valence-electron chi connectivity index (χ2n) is 6.48. The molecule has 1 aromatic heterocycles. The molecule has 0 saturated heterocycles. The third-order valence-electron chi connectivity index (χ3n) is 3.73. The summed E-state index contributed by atoms with van der Waals surface area (Å²) in [7, 11) is 0. The maximum Gasteiger partial charge on any atom is 0.127 e. The van der Waals surface area contributed by atoms with Crippen LogP contribution in [0.2, 0.25) is 0 Å². The van der Waals surface area contributed by atoms with Crippen LogP contribution in [-0.4, -0.2) is 9.78 Å². The zero-order chi connectivity index (χ0) is 13.6. The number of aromatic nitrogens is 2. The molecule has 2 N–H and O–H groups in total. The number of nitrogens with zero attached hydrogens (tertiary/aromatic N) is 2. The zero-order valence-electron chi connectivity index (χ0n) is 11.9. The highest BCUT2D eigenvalue weighted by molar-refractivity contribution is 5.45. The first-order valence-corrected chi connectivity index (χ1v) is 6.91. The molecule has 100 valence electrons. The molecule has 19 heavy (non-hydrogen) atoms. The van der Waals surface area contributed by atoms with E-state index in [1.807, 2.05) is 10.7 Å². The van der Waals surface area contributed by atoms with Gasteiger partial charge in [0, 0.05) is 12.0 Å². The quantitative estimate of drug-likeness (QED) is 0.890. The Kier molecular flexibility index (Phi) is 2.66. The lowest BCUT2D eigenvalue weighted by Gasteiger charge is -2.19. The summed E-state index contributed by atoms with van der Waals surface area (Å²) < 4.78 is 1.85. The van der Waals surface area contributed by atoms with Crippen LogP contribution in [0.15, 0.2) is 30.3 Å². The molecule has 1 aliphatic carbocycles. The Hall–Kier alpha value is -1.77. The van der Waals surface area contributed by atoms with Gasteiger partial charge in [-0.05, 0) is 36.0 Å². The normalized spacial score (nSPS) is 15.7. The molecule has 3 rings (SSSR count). The van der Waals surface area contributed by atoms with E-state index < -0.39 is 0 Å². The predicted octanol–water partition coefficient (Wildman–Crippen LogP) is 3.63. The van der Waals surface area contributed by atoms with E-state index in [0.717, 1.165) is 17.2 Å². The van der Waals surface area contributed by atoms with Crippen LogP contribution in [-0.2, 0) is 5.41 Å². The minimum Gasteiger partial charge on any atom is -0.384 e. The summed E-state index contributed by atoms with van der Waals surface area (Å²) in [6, 6.07) is 10.5. The van der Waals surface area contributed by atoms with Crippen LogP contribution in [0.1, 0.15) is 50.8 Å². The third-order valence-corrected chi connectivity index (χ3v) is 3.73. The lowest BCUT2D eigenvalue weighted by atomic mass is 9.87. The molecule has 3 heteroatoms. The molecule has 0 radical (unpaired) electrons. The van der Waals surface area contributed by atoms with Gasteiger partial charge in [0.2, 0.25) is 0 Å². The highest BCUT2D eigenvalue weighted by Crippen LogP contribution is 2.40. The fraction of sp³-hybridized carbons (Fsp3) is 0.438. The van der Waals surface area contributed by atoms with Crippen LogP contribution in [0, 0.1) is 0 Å². The van der Waals surface area contributed by atoms with Gasteiger partial charge >= 0.3 is 0 Å². The van der Waals surface area contributed by atoms with Crippen molar-refractivity contribution in [3.8, 4) is 5.69 Å². The summed E-state index contributed by atoms with van der Waals surface area (Å²) in [5.41, 5.74) is 9.74. The Morgan fingerprint density at radius 2 is 1.79 bits per heavy atom. The van der Waals surface area contributed by atoms with Gasteiger partial charge in [0.1, 0.15) is 5.82 Å². The molecule has 1 saturated carbocycles. The standard InChI is InChI=1S/C16H21N3/c1-16(2,3)12-6-8-13(9-7-12)19-15(17)10-14(18-19)11-4-5-11/h6-11H,4-5,17H2,1-3H3. The molecule has 0 bridgehead atoms. The first-order valence-electron chi connectivity index (χ1n) is 6.91. The summed E-state index contributed by atoms with van der Waals surface area (Å²) in [5, 5.41) is 4.63. The van der Waals surface area contributed by atoms with Crippen LogP contribution < -0.4 is 5.73 Å². The van der Waals surface area contributed by atoms with Gasteiger partial charge in [-0.1, -0.05) is 32.9 Å². The Morgan fingerprint density at radius 3 is 2.32 bits per heavy atom. The predicted molar refractivity (Wildman–Crippen MR) is 78.7 cm³/mol. The van der Waals surface area contributed by atoms with Gasteiger partial charge < -0.3 is 5.73 Å². The Balaban J connectivity index is 1.93. The van der Waals surface area contributed by atoms with Crippen LogP contribution in [0.4, 0.5) is 5.82 Å². The number of nitrogens with two attached hydrogens (primary N) is 1. The van der Waals surface area contributed by atoms with E-state index in [1.165, 1.54) is 18.4 Å². The topological polar surface area (TPSA) is 43.8 Å². The molecule has 1 aromatic carbocycles. The van der Waals surface area contributed by atoms with Gasteiger partial charge in [-0.3, -0.25) is 0 Å². The van der Waals surface area contributed by atoms with Crippen LogP contribution >= 0.6 is 0 Å². The van der Waals surface area contributed by atoms with Crippen molar-refractivity contribution in [2.24, 2.45) is 0 Å². The fourth-order valence-electron chi connectivity index (χ4n) is 2.30. The maximum absolute atomic E-state index is 6.06. The second-order valence-corrected chi connectivity index (χ2v) is 6.48. The van der Waals surface area contributed by atoms with Crippen molar-refractivity contribution in [2.45, 2.75) is 44.9 Å². The summed E-state index contributed by atoms with van der Waals surface area (Å²) in [5.74, 6) is 1.36. The number of hydrogen-bond acceptors (Lipinski definition) is 2. The lowest BCUT2D eigenvalue weighted by Crippen LogP contribution is -2.11. The van der Waals surface area contributed by atoms with Crippen molar-refractivity contribution in [2.75, 3.05) is 5.73 Å². The maximum atomic E-state index is 6.06. The van der Waals surface area contributed by atoms with E-state index in [4.69, 9.17) is 5.73 Å². The van der Waals surface area contributed by atoms with E-state index in [1.54, 1.807) is 0 Å². The molecule has 0 unspecified atom stereocenters. The van der Waals surface area contributed by atoms with Gasteiger partial charge in [0.05, 0.1) is 11.4 Å². The molecule has 3 nitrogen and oxygen atoms in total. The lowest BCUT2D eigenvalue weighted by molar-refractivity contribution is 0.590. The first kappa shape index (κ1) is 12.3. The van der Waals surface area contributed by atoms with Gasteiger partial charge in [0.15, 0.2) is 0 Å². The van der Waals surface area contributed by atoms with Crippen LogP contribution in [0.5, 0.6) is 0 Å². The van der Waals surface area contributed by atoms with Crippen molar-refractivity contribution < 1.29 is 0 Å². The van der Waals surface area contributed by atoms with Gasteiger partial charge in [-0.25, -0.2) is 4.68 Å². The molecule has 0 spiro atoms. The second kappa shape index (κ2) is 4.12. The molecule has 1 heterocycles. The zero-order valence-corrected chi connectivity index (χ0v) is 11.9. The number of rotatable bonds is 2. The van der Waals surface area contributed by atoms with Crippen molar-refractivity contribution in [3.63, 3.8) is 0 Å². The van der Waals surface area contributed by atoms with E-state index in [-0.39, 0.29) is 5.41 Å².